The van der Waals surface area contributed by atoms with Gasteiger partial charge < -0.3 is 9.64 Å². The summed E-state index contributed by atoms with van der Waals surface area (Å²) in [4.78, 5) is 34.4. The molecule has 0 atom stereocenters. The van der Waals surface area contributed by atoms with Crippen molar-refractivity contribution in [2.75, 3.05) is 19.8 Å². The van der Waals surface area contributed by atoms with Crippen LogP contribution in [0.15, 0.2) is 29.4 Å². The Bertz CT molecular complexity index is 826. The van der Waals surface area contributed by atoms with Crippen LogP contribution in [0.5, 0.6) is 5.88 Å². The largest absolute Gasteiger partial charge is 0.416 e. The molecule has 0 aliphatic carbocycles. The molecule has 0 N–H and O–H groups in total. The molecule has 27 heavy (non-hydrogen) atoms. The van der Waals surface area contributed by atoms with Gasteiger partial charge in [0.15, 0.2) is 10.9 Å². The molecule has 0 radical (unpaired) electrons. The van der Waals surface area contributed by atoms with E-state index in [1.165, 1.54) is 16.7 Å². The van der Waals surface area contributed by atoms with Gasteiger partial charge in [-0.25, -0.2) is 9.78 Å². The molecule has 0 aliphatic rings. The molecule has 2 rings (SSSR count). The first-order chi connectivity index (χ1) is 12.8. The van der Waals surface area contributed by atoms with E-state index in [0.29, 0.717) is 22.2 Å². The maximum Gasteiger partial charge on any atom is 0.416 e. The summed E-state index contributed by atoms with van der Waals surface area (Å²) < 4.78 is 5.41. The van der Waals surface area contributed by atoms with E-state index >= 15 is 0 Å². The number of hydrogen-bond acceptors (Lipinski definition) is 6. The topological polar surface area (TPSA) is 72.4 Å². The molecular weight excluding hydrogens is 386 g/mol. The summed E-state index contributed by atoms with van der Waals surface area (Å²) in [5.41, 5.74) is 2.13. The predicted octanol–water partition coefficient (Wildman–Crippen LogP) is 4.43. The lowest BCUT2D eigenvalue weighted by atomic mass is 10.1. The normalized spacial score (nSPS) is 10.6. The van der Waals surface area contributed by atoms with Crippen LogP contribution in [-0.2, 0) is 6.42 Å². The molecule has 1 amide bonds. The molecule has 0 bridgehead atoms. The maximum atomic E-state index is 12.3. The zero-order chi connectivity index (χ0) is 20.0. The fraction of sp³-hybridized carbons (Fsp3) is 0.368. The molecule has 8 heteroatoms. The Hall–Kier alpha value is -2.12. The average Bonchev–Trinajstić information content (AvgIpc) is 2.63. The lowest BCUT2D eigenvalue weighted by Gasteiger charge is -2.15. The zero-order valence-corrected chi connectivity index (χ0v) is 17.4. The minimum atomic E-state index is -0.501. The van der Waals surface area contributed by atoms with Crippen molar-refractivity contribution >= 4 is 35.2 Å². The molecule has 1 aromatic carbocycles. The summed E-state index contributed by atoms with van der Waals surface area (Å²) in [6.07, 6.45) is 1.08. The highest BCUT2D eigenvalue weighted by atomic mass is 35.5. The first kappa shape index (κ1) is 21.2. The SMILES string of the molecule is CCCc1c(C)nc(SCC(=O)c2ccc(Cl)cc2)nc1OC(=O)N(C)C. The molecule has 0 saturated heterocycles. The van der Waals surface area contributed by atoms with Crippen LogP contribution in [0.2, 0.25) is 5.02 Å². The number of rotatable bonds is 7. The second-order valence-electron chi connectivity index (χ2n) is 6.11. The number of aryl methyl sites for hydroxylation is 1. The standard InChI is InChI=1S/C19H22ClN3O3S/c1-5-6-15-12(2)21-18(22-17(15)26-19(25)23(3)4)27-11-16(24)13-7-9-14(20)10-8-13/h7-10H,5-6,11H2,1-4H3. The van der Waals surface area contributed by atoms with Gasteiger partial charge in [-0.1, -0.05) is 36.7 Å². The molecule has 0 spiro atoms. The first-order valence-electron chi connectivity index (χ1n) is 8.50. The third-order valence-corrected chi connectivity index (χ3v) is 4.80. The van der Waals surface area contributed by atoms with Gasteiger partial charge in [-0.2, -0.15) is 4.98 Å². The highest BCUT2D eigenvalue weighted by molar-refractivity contribution is 7.99. The van der Waals surface area contributed by atoms with Crippen LogP contribution < -0.4 is 4.74 Å². The van der Waals surface area contributed by atoms with Crippen molar-refractivity contribution in [2.24, 2.45) is 0 Å². The van der Waals surface area contributed by atoms with Gasteiger partial charge in [-0.05, 0) is 37.6 Å². The summed E-state index contributed by atoms with van der Waals surface area (Å²) >= 11 is 7.06. The first-order valence-corrected chi connectivity index (χ1v) is 9.86. The van der Waals surface area contributed by atoms with E-state index in [-0.39, 0.29) is 17.4 Å². The molecule has 0 unspecified atom stereocenters. The number of ketones is 1. The molecule has 2 aromatic rings. The van der Waals surface area contributed by atoms with E-state index in [4.69, 9.17) is 16.3 Å². The van der Waals surface area contributed by atoms with E-state index in [1.54, 1.807) is 38.4 Å². The molecular formula is C19H22ClN3O3S. The van der Waals surface area contributed by atoms with Crippen LogP contribution in [0, 0.1) is 6.92 Å². The Balaban J connectivity index is 2.18. The molecule has 0 fully saturated rings. The quantitative estimate of drug-likeness (QED) is 0.384. The predicted molar refractivity (Wildman–Crippen MR) is 107 cm³/mol. The third kappa shape index (κ3) is 5.94. The van der Waals surface area contributed by atoms with Crippen molar-refractivity contribution < 1.29 is 14.3 Å². The van der Waals surface area contributed by atoms with Crippen LogP contribution in [0.1, 0.15) is 35.0 Å². The van der Waals surface area contributed by atoms with E-state index in [0.717, 1.165) is 17.7 Å². The second-order valence-corrected chi connectivity index (χ2v) is 7.49. The number of hydrogen-bond donors (Lipinski definition) is 0. The summed E-state index contributed by atoms with van der Waals surface area (Å²) in [7, 11) is 3.21. The number of halogens is 1. The van der Waals surface area contributed by atoms with Crippen LogP contribution in [0.25, 0.3) is 0 Å². The molecule has 1 heterocycles. The molecule has 6 nitrogen and oxygen atoms in total. The van der Waals surface area contributed by atoms with Gasteiger partial charge in [-0.15, -0.1) is 0 Å². The number of Topliss-reactive ketones (excluding diaryl/α,β-unsaturated/α-hetero) is 1. The van der Waals surface area contributed by atoms with Gasteiger partial charge in [0.05, 0.1) is 5.75 Å². The number of aromatic nitrogens is 2. The maximum absolute atomic E-state index is 12.3. The summed E-state index contributed by atoms with van der Waals surface area (Å²) in [5.74, 6) is 0.377. The second kappa shape index (κ2) is 9.71. The number of thioether (sulfide) groups is 1. The van der Waals surface area contributed by atoms with Crippen LogP contribution in [0.3, 0.4) is 0 Å². The fourth-order valence-corrected chi connectivity index (χ4v) is 3.16. The van der Waals surface area contributed by atoms with Gasteiger partial charge in [-0.3, -0.25) is 4.79 Å². The van der Waals surface area contributed by atoms with E-state index < -0.39 is 6.09 Å². The third-order valence-electron chi connectivity index (χ3n) is 3.70. The van der Waals surface area contributed by atoms with Crippen molar-refractivity contribution in [1.29, 1.82) is 0 Å². The summed E-state index contributed by atoms with van der Waals surface area (Å²) in [6, 6.07) is 6.73. The van der Waals surface area contributed by atoms with Crippen LogP contribution in [0.4, 0.5) is 4.79 Å². The number of amides is 1. The highest BCUT2D eigenvalue weighted by Gasteiger charge is 2.18. The summed E-state index contributed by atoms with van der Waals surface area (Å²) in [5, 5.41) is 0.980. The fourth-order valence-electron chi connectivity index (χ4n) is 2.26. The Morgan fingerprint density at radius 1 is 1.19 bits per heavy atom. The molecule has 0 aliphatic heterocycles. The van der Waals surface area contributed by atoms with E-state index in [1.807, 2.05) is 13.8 Å². The van der Waals surface area contributed by atoms with E-state index in [9.17, 15) is 9.59 Å². The minimum Gasteiger partial charge on any atom is -0.391 e. The van der Waals surface area contributed by atoms with Gasteiger partial charge in [0, 0.05) is 35.9 Å². The smallest absolute Gasteiger partial charge is 0.391 e. The summed E-state index contributed by atoms with van der Waals surface area (Å²) in [6.45, 7) is 3.88. The van der Waals surface area contributed by atoms with Crippen LogP contribution >= 0.6 is 23.4 Å². The molecule has 1 aromatic heterocycles. The number of nitrogens with zero attached hydrogens (tertiary/aromatic N) is 3. The van der Waals surface area contributed by atoms with Crippen molar-refractivity contribution in [3.05, 3.63) is 46.1 Å². The van der Waals surface area contributed by atoms with Crippen molar-refractivity contribution in [2.45, 2.75) is 31.8 Å². The number of carbonyl (C=O) groups is 2. The minimum absolute atomic E-state index is 0.0533. The van der Waals surface area contributed by atoms with E-state index in [2.05, 4.69) is 9.97 Å². The Kier molecular flexibility index (Phi) is 7.62. The number of carbonyl (C=O) groups excluding carboxylic acids is 2. The Labute approximate surface area is 168 Å². The zero-order valence-electron chi connectivity index (χ0n) is 15.8. The van der Waals surface area contributed by atoms with Gasteiger partial charge >= 0.3 is 6.09 Å². The Morgan fingerprint density at radius 2 is 1.85 bits per heavy atom. The van der Waals surface area contributed by atoms with Gasteiger partial charge in [0.2, 0.25) is 5.88 Å². The molecule has 0 saturated carbocycles. The Morgan fingerprint density at radius 3 is 2.44 bits per heavy atom. The lowest BCUT2D eigenvalue weighted by molar-refractivity contribution is 0.102. The monoisotopic (exact) mass is 407 g/mol. The van der Waals surface area contributed by atoms with Gasteiger partial charge in [0.1, 0.15) is 0 Å². The highest BCUT2D eigenvalue weighted by Crippen LogP contribution is 2.26. The van der Waals surface area contributed by atoms with Crippen molar-refractivity contribution in [3.8, 4) is 5.88 Å². The van der Waals surface area contributed by atoms with Crippen molar-refractivity contribution in [3.63, 3.8) is 0 Å². The van der Waals surface area contributed by atoms with Gasteiger partial charge in [0.25, 0.3) is 0 Å². The average molecular weight is 408 g/mol. The van der Waals surface area contributed by atoms with Crippen LogP contribution in [-0.4, -0.2) is 46.6 Å². The molecule has 144 valence electrons. The lowest BCUT2D eigenvalue weighted by Crippen LogP contribution is -2.26. The number of ether oxygens (including phenoxy) is 1. The van der Waals surface area contributed by atoms with Crippen molar-refractivity contribution in [1.82, 2.24) is 14.9 Å². The number of benzene rings is 1.